The van der Waals surface area contributed by atoms with Crippen molar-refractivity contribution in [1.82, 2.24) is 9.88 Å². The average Bonchev–Trinajstić information content (AvgIpc) is 3.23. The molecule has 26 heavy (non-hydrogen) atoms. The molecule has 0 saturated carbocycles. The van der Waals surface area contributed by atoms with Crippen molar-refractivity contribution in [2.45, 2.75) is 32.1 Å². The molecule has 0 N–H and O–H groups in total. The van der Waals surface area contributed by atoms with Crippen molar-refractivity contribution < 1.29 is 13.9 Å². The lowest BCUT2D eigenvalue weighted by atomic mass is 9.78. The molecule has 5 nitrogen and oxygen atoms in total. The number of aromatic nitrogens is 1. The first-order chi connectivity index (χ1) is 12.7. The van der Waals surface area contributed by atoms with Crippen LogP contribution in [0, 0.1) is 23.6 Å². The zero-order valence-corrected chi connectivity index (χ0v) is 15.3. The molecule has 0 radical (unpaired) electrons. The smallest absolute Gasteiger partial charge is 0.228 e. The van der Waals surface area contributed by atoms with Gasteiger partial charge in [0.25, 0.3) is 0 Å². The normalized spacial score (nSPS) is 25.7. The van der Waals surface area contributed by atoms with Crippen molar-refractivity contribution in [3.8, 4) is 0 Å². The molecule has 1 aromatic heterocycles. The third kappa shape index (κ3) is 3.70. The van der Waals surface area contributed by atoms with Gasteiger partial charge in [-0.1, -0.05) is 0 Å². The fraction of sp³-hybridized carbons (Fsp3) is 0.700. The molecule has 4 heterocycles. The summed E-state index contributed by atoms with van der Waals surface area (Å²) in [4.78, 5) is 20.5. The molecule has 1 amide bonds. The lowest BCUT2D eigenvalue weighted by Crippen LogP contribution is -2.44. The van der Waals surface area contributed by atoms with E-state index in [9.17, 15) is 9.18 Å². The van der Waals surface area contributed by atoms with Gasteiger partial charge in [0.2, 0.25) is 5.91 Å². The summed E-state index contributed by atoms with van der Waals surface area (Å²) in [5.41, 5.74) is 0.678. The van der Waals surface area contributed by atoms with Crippen LogP contribution in [-0.4, -0.2) is 55.2 Å². The van der Waals surface area contributed by atoms with E-state index in [1.54, 1.807) is 12.3 Å². The summed E-state index contributed by atoms with van der Waals surface area (Å²) < 4.78 is 19.3. The molecule has 1 aromatic rings. The molecule has 1 atom stereocenters. The van der Waals surface area contributed by atoms with E-state index < -0.39 is 0 Å². The van der Waals surface area contributed by atoms with Gasteiger partial charge < -0.3 is 14.5 Å². The molecule has 6 heteroatoms. The fourth-order valence-electron chi connectivity index (χ4n) is 4.81. The zero-order valence-electron chi connectivity index (χ0n) is 15.3. The molecule has 142 valence electrons. The van der Waals surface area contributed by atoms with E-state index in [4.69, 9.17) is 4.74 Å². The van der Waals surface area contributed by atoms with E-state index in [1.807, 2.05) is 0 Å². The lowest BCUT2D eigenvalue weighted by molar-refractivity contribution is -0.137. The van der Waals surface area contributed by atoms with Gasteiger partial charge in [-0.25, -0.2) is 4.39 Å². The highest BCUT2D eigenvalue weighted by molar-refractivity contribution is 5.79. The number of ether oxygens (including phenoxy) is 1. The standard InChI is InChI=1S/C20H28FN3O2/c21-18-13-22-7-1-19(18)23-8-2-15(3-9-23)16-4-10-24(11-5-16)20(25)17-6-12-26-14-17/h1,7,13,15-17H,2-6,8-12,14H2. The Morgan fingerprint density at radius 2 is 1.77 bits per heavy atom. The van der Waals surface area contributed by atoms with Gasteiger partial charge in [-0.15, -0.1) is 0 Å². The van der Waals surface area contributed by atoms with Crippen LogP contribution in [0.4, 0.5) is 10.1 Å². The maximum Gasteiger partial charge on any atom is 0.228 e. The Morgan fingerprint density at radius 3 is 2.38 bits per heavy atom. The minimum absolute atomic E-state index is 0.0880. The van der Waals surface area contributed by atoms with Gasteiger partial charge in [-0.05, 0) is 50.0 Å². The molecule has 4 rings (SSSR count). The molecule has 3 aliphatic rings. The number of pyridine rings is 1. The van der Waals surface area contributed by atoms with Crippen molar-refractivity contribution >= 4 is 11.6 Å². The minimum atomic E-state index is -0.228. The van der Waals surface area contributed by atoms with E-state index in [0.29, 0.717) is 30.0 Å². The molecule has 3 fully saturated rings. The van der Waals surface area contributed by atoms with Crippen molar-refractivity contribution in [1.29, 1.82) is 0 Å². The highest BCUT2D eigenvalue weighted by Gasteiger charge is 2.34. The summed E-state index contributed by atoms with van der Waals surface area (Å²) in [6.45, 7) is 4.92. The van der Waals surface area contributed by atoms with Crippen molar-refractivity contribution in [3.05, 3.63) is 24.3 Å². The summed E-state index contributed by atoms with van der Waals surface area (Å²) in [5, 5.41) is 0. The van der Waals surface area contributed by atoms with Crippen LogP contribution in [0.3, 0.4) is 0 Å². The topological polar surface area (TPSA) is 45.7 Å². The van der Waals surface area contributed by atoms with Crippen LogP contribution in [-0.2, 0) is 9.53 Å². The number of hydrogen-bond acceptors (Lipinski definition) is 4. The van der Waals surface area contributed by atoms with Gasteiger partial charge in [0, 0.05) is 39.0 Å². The van der Waals surface area contributed by atoms with Crippen molar-refractivity contribution in [2.24, 2.45) is 17.8 Å². The molecule has 0 aromatic carbocycles. The number of rotatable bonds is 3. The number of nitrogens with zero attached hydrogens (tertiary/aromatic N) is 3. The van der Waals surface area contributed by atoms with Crippen molar-refractivity contribution in [3.63, 3.8) is 0 Å². The molecule has 3 saturated heterocycles. The van der Waals surface area contributed by atoms with Crippen LogP contribution in [0.25, 0.3) is 0 Å². The third-order valence-electron chi connectivity index (χ3n) is 6.43. The number of halogens is 1. The largest absolute Gasteiger partial charge is 0.381 e. The van der Waals surface area contributed by atoms with Gasteiger partial charge in [0.05, 0.1) is 24.4 Å². The number of hydrogen-bond donors (Lipinski definition) is 0. The fourth-order valence-corrected chi connectivity index (χ4v) is 4.81. The van der Waals surface area contributed by atoms with Gasteiger partial charge in [-0.3, -0.25) is 9.78 Å². The monoisotopic (exact) mass is 361 g/mol. The Balaban J connectivity index is 1.26. The van der Waals surface area contributed by atoms with Crippen LogP contribution in [0.5, 0.6) is 0 Å². The second kappa shape index (κ2) is 7.91. The van der Waals surface area contributed by atoms with Crippen LogP contribution < -0.4 is 4.90 Å². The summed E-state index contributed by atoms with van der Waals surface area (Å²) >= 11 is 0. The zero-order chi connectivity index (χ0) is 17.9. The van der Waals surface area contributed by atoms with Gasteiger partial charge in [0.1, 0.15) is 0 Å². The minimum Gasteiger partial charge on any atom is -0.381 e. The average molecular weight is 361 g/mol. The molecule has 0 spiro atoms. The highest BCUT2D eigenvalue weighted by Crippen LogP contribution is 2.34. The molecular weight excluding hydrogens is 333 g/mol. The number of amides is 1. The Labute approximate surface area is 154 Å². The van der Waals surface area contributed by atoms with Crippen LogP contribution in [0.2, 0.25) is 0 Å². The highest BCUT2D eigenvalue weighted by atomic mass is 19.1. The molecule has 0 bridgehead atoms. The summed E-state index contributed by atoms with van der Waals surface area (Å²) in [7, 11) is 0. The SMILES string of the molecule is O=C(C1CCOC1)N1CCC(C2CCN(c3ccncc3F)CC2)CC1. The summed E-state index contributed by atoms with van der Waals surface area (Å²) in [5.74, 6) is 1.55. The predicted octanol–water partition coefficient (Wildman–Crippen LogP) is 2.71. The number of carbonyl (C=O) groups excluding carboxylic acids is 1. The van der Waals surface area contributed by atoms with Gasteiger partial charge >= 0.3 is 0 Å². The summed E-state index contributed by atoms with van der Waals surface area (Å²) in [6, 6.07) is 1.77. The third-order valence-corrected chi connectivity index (χ3v) is 6.43. The Hall–Kier alpha value is -1.69. The maximum absolute atomic E-state index is 13.9. The molecule has 0 aliphatic carbocycles. The first-order valence-electron chi connectivity index (χ1n) is 9.93. The molecular formula is C20H28FN3O2. The number of piperidine rings is 2. The quantitative estimate of drug-likeness (QED) is 0.830. The van der Waals surface area contributed by atoms with Gasteiger partial charge in [-0.2, -0.15) is 0 Å². The Morgan fingerprint density at radius 1 is 1.08 bits per heavy atom. The van der Waals surface area contributed by atoms with Crippen LogP contribution in [0.1, 0.15) is 32.1 Å². The van der Waals surface area contributed by atoms with Crippen LogP contribution >= 0.6 is 0 Å². The van der Waals surface area contributed by atoms with Crippen LogP contribution in [0.15, 0.2) is 18.5 Å². The first-order valence-corrected chi connectivity index (χ1v) is 9.93. The lowest BCUT2D eigenvalue weighted by Gasteiger charge is -2.41. The molecule has 1 unspecified atom stereocenters. The second-order valence-electron chi connectivity index (χ2n) is 7.87. The number of carbonyl (C=O) groups is 1. The first kappa shape index (κ1) is 17.7. The molecule has 3 aliphatic heterocycles. The maximum atomic E-state index is 13.9. The Bertz CT molecular complexity index is 619. The van der Waals surface area contributed by atoms with Gasteiger partial charge in [0.15, 0.2) is 5.82 Å². The van der Waals surface area contributed by atoms with E-state index >= 15 is 0 Å². The summed E-state index contributed by atoms with van der Waals surface area (Å²) in [6.07, 6.45) is 8.26. The number of likely N-dealkylation sites (tertiary alicyclic amines) is 1. The van der Waals surface area contributed by atoms with E-state index in [1.165, 1.54) is 6.20 Å². The van der Waals surface area contributed by atoms with E-state index in [-0.39, 0.29) is 11.7 Å². The Kier molecular flexibility index (Phi) is 5.38. The second-order valence-corrected chi connectivity index (χ2v) is 7.87. The number of anilines is 1. The van der Waals surface area contributed by atoms with E-state index in [2.05, 4.69) is 14.8 Å². The predicted molar refractivity (Wildman–Crippen MR) is 97.4 cm³/mol. The van der Waals surface area contributed by atoms with E-state index in [0.717, 1.165) is 64.9 Å². The van der Waals surface area contributed by atoms with Crippen molar-refractivity contribution in [2.75, 3.05) is 44.3 Å².